The van der Waals surface area contributed by atoms with Crippen LogP contribution in [0.5, 0.6) is 0 Å². The van der Waals surface area contributed by atoms with Gasteiger partial charge in [0, 0.05) is 26.1 Å². The molecule has 4 heteroatoms. The Morgan fingerprint density at radius 1 is 1.56 bits per heavy atom. The fraction of sp³-hybridized carbons (Fsp3) is 0.500. The minimum atomic E-state index is -0.435. The molecule has 0 unspecified atom stereocenters. The summed E-state index contributed by atoms with van der Waals surface area (Å²) in [6.45, 7) is 3.79. The number of benzene rings is 1. The third kappa shape index (κ3) is 2.70. The lowest BCUT2D eigenvalue weighted by Gasteiger charge is -2.17. The summed E-state index contributed by atoms with van der Waals surface area (Å²) < 4.78 is 18.8. The predicted molar refractivity (Wildman–Crippen MR) is 67.0 cm³/mol. The van der Waals surface area contributed by atoms with Crippen molar-refractivity contribution in [2.45, 2.75) is 13.3 Å². The number of amides is 1. The van der Waals surface area contributed by atoms with E-state index < -0.39 is 5.82 Å². The van der Waals surface area contributed by atoms with E-state index in [9.17, 15) is 9.18 Å². The van der Waals surface area contributed by atoms with Crippen LogP contribution in [0.15, 0.2) is 18.2 Å². The summed E-state index contributed by atoms with van der Waals surface area (Å²) in [4.78, 5) is 13.9. The molecule has 1 saturated heterocycles. The molecule has 1 amide bonds. The summed E-state index contributed by atoms with van der Waals surface area (Å²) in [5, 5.41) is 0. The van der Waals surface area contributed by atoms with Crippen molar-refractivity contribution < 1.29 is 13.9 Å². The van der Waals surface area contributed by atoms with Crippen molar-refractivity contribution in [2.24, 2.45) is 5.92 Å². The molecule has 1 aliphatic rings. The molecule has 1 heterocycles. The molecule has 1 aliphatic heterocycles. The topological polar surface area (TPSA) is 29.5 Å². The van der Waals surface area contributed by atoms with Crippen LogP contribution in [-0.2, 0) is 4.74 Å². The quantitative estimate of drug-likeness (QED) is 0.824. The van der Waals surface area contributed by atoms with Crippen LogP contribution in [0.1, 0.15) is 22.3 Å². The number of carbonyl (C=O) groups excluding carboxylic acids is 1. The van der Waals surface area contributed by atoms with E-state index in [4.69, 9.17) is 4.74 Å². The lowest BCUT2D eigenvalue weighted by atomic mass is 10.1. The molecule has 0 spiro atoms. The van der Waals surface area contributed by atoms with Crippen LogP contribution < -0.4 is 0 Å². The number of likely N-dealkylation sites (tertiary alicyclic amines) is 1. The maximum Gasteiger partial charge on any atom is 0.256 e. The normalized spacial score (nSPS) is 19.3. The molecule has 0 radical (unpaired) electrons. The zero-order chi connectivity index (χ0) is 13.1. The van der Waals surface area contributed by atoms with Gasteiger partial charge in [-0.1, -0.05) is 6.07 Å². The van der Waals surface area contributed by atoms with E-state index in [0.717, 1.165) is 12.0 Å². The van der Waals surface area contributed by atoms with Crippen molar-refractivity contribution in [3.8, 4) is 0 Å². The van der Waals surface area contributed by atoms with Crippen LogP contribution in [0.2, 0.25) is 0 Å². The van der Waals surface area contributed by atoms with Crippen LogP contribution in [0, 0.1) is 18.7 Å². The predicted octanol–water partition coefficient (Wildman–Crippen LogP) is 2.24. The van der Waals surface area contributed by atoms with E-state index in [-0.39, 0.29) is 11.5 Å². The lowest BCUT2D eigenvalue weighted by molar-refractivity contribution is 0.0771. The van der Waals surface area contributed by atoms with Gasteiger partial charge in [0.05, 0.1) is 12.2 Å². The Balaban J connectivity index is 2.08. The van der Waals surface area contributed by atoms with E-state index >= 15 is 0 Å². The first-order chi connectivity index (χ1) is 8.61. The molecular weight excluding hydrogens is 233 g/mol. The molecule has 0 saturated carbocycles. The van der Waals surface area contributed by atoms with Crippen molar-refractivity contribution in [1.29, 1.82) is 0 Å². The highest BCUT2D eigenvalue weighted by atomic mass is 19.1. The van der Waals surface area contributed by atoms with E-state index in [0.29, 0.717) is 25.6 Å². The molecule has 18 heavy (non-hydrogen) atoms. The van der Waals surface area contributed by atoms with Crippen molar-refractivity contribution in [2.75, 3.05) is 26.8 Å². The van der Waals surface area contributed by atoms with Gasteiger partial charge >= 0.3 is 0 Å². The Morgan fingerprint density at radius 2 is 2.33 bits per heavy atom. The largest absolute Gasteiger partial charge is 0.384 e. The highest BCUT2D eigenvalue weighted by Gasteiger charge is 2.28. The summed E-state index contributed by atoms with van der Waals surface area (Å²) >= 11 is 0. The van der Waals surface area contributed by atoms with Gasteiger partial charge in [-0.3, -0.25) is 4.79 Å². The molecule has 0 bridgehead atoms. The fourth-order valence-corrected chi connectivity index (χ4v) is 2.35. The van der Waals surface area contributed by atoms with Gasteiger partial charge in [0.2, 0.25) is 0 Å². The van der Waals surface area contributed by atoms with Gasteiger partial charge in [-0.25, -0.2) is 4.39 Å². The molecule has 0 aliphatic carbocycles. The third-order valence-corrected chi connectivity index (χ3v) is 3.33. The second-order valence-electron chi connectivity index (χ2n) is 4.84. The molecule has 0 aromatic heterocycles. The second-order valence-corrected chi connectivity index (χ2v) is 4.84. The van der Waals surface area contributed by atoms with Gasteiger partial charge in [-0.05, 0) is 31.0 Å². The van der Waals surface area contributed by atoms with E-state index in [1.807, 2.05) is 6.92 Å². The Bertz CT molecular complexity index is 447. The van der Waals surface area contributed by atoms with Crippen LogP contribution >= 0.6 is 0 Å². The Labute approximate surface area is 107 Å². The minimum absolute atomic E-state index is 0.165. The van der Waals surface area contributed by atoms with Gasteiger partial charge in [0.1, 0.15) is 5.82 Å². The van der Waals surface area contributed by atoms with Crippen LogP contribution in [0.3, 0.4) is 0 Å². The number of halogens is 1. The van der Waals surface area contributed by atoms with E-state index in [2.05, 4.69) is 0 Å². The highest BCUT2D eigenvalue weighted by molar-refractivity contribution is 5.94. The summed E-state index contributed by atoms with van der Waals surface area (Å²) in [6.07, 6.45) is 0.924. The molecule has 98 valence electrons. The minimum Gasteiger partial charge on any atom is -0.384 e. The van der Waals surface area contributed by atoms with Gasteiger partial charge in [-0.2, -0.15) is 0 Å². The number of methoxy groups -OCH3 is 1. The zero-order valence-electron chi connectivity index (χ0n) is 10.8. The van der Waals surface area contributed by atoms with E-state index in [1.54, 1.807) is 24.1 Å². The number of hydrogen-bond acceptors (Lipinski definition) is 2. The Kier molecular flexibility index (Phi) is 3.97. The summed E-state index contributed by atoms with van der Waals surface area (Å²) in [5.74, 6) is -0.284. The number of hydrogen-bond donors (Lipinski definition) is 0. The number of carbonyl (C=O) groups is 1. The molecule has 3 nitrogen and oxygen atoms in total. The first-order valence-corrected chi connectivity index (χ1v) is 6.16. The number of ether oxygens (including phenoxy) is 1. The maximum absolute atomic E-state index is 13.7. The number of aryl methyl sites for hydroxylation is 1. The standard InChI is InChI=1S/C14H18FNO2/c1-10-3-4-12(13(15)7-10)14(17)16-6-5-11(8-16)9-18-2/h3-4,7,11H,5-6,8-9H2,1-2H3/t11-/m1/s1. The first kappa shape index (κ1) is 13.0. The van der Waals surface area contributed by atoms with Gasteiger partial charge in [0.25, 0.3) is 5.91 Å². The summed E-state index contributed by atoms with van der Waals surface area (Å²) in [5.41, 5.74) is 0.987. The molecule has 1 aromatic rings. The molecular formula is C14H18FNO2. The van der Waals surface area contributed by atoms with Gasteiger partial charge in [-0.15, -0.1) is 0 Å². The molecule has 1 atom stereocenters. The second kappa shape index (κ2) is 5.48. The Hall–Kier alpha value is -1.42. The average molecular weight is 251 g/mol. The third-order valence-electron chi connectivity index (χ3n) is 3.33. The van der Waals surface area contributed by atoms with Crippen molar-refractivity contribution in [1.82, 2.24) is 4.90 Å². The molecule has 0 N–H and O–H groups in total. The van der Waals surface area contributed by atoms with Gasteiger partial charge < -0.3 is 9.64 Å². The van der Waals surface area contributed by atoms with E-state index in [1.165, 1.54) is 6.07 Å². The van der Waals surface area contributed by atoms with Crippen molar-refractivity contribution in [3.63, 3.8) is 0 Å². The molecule has 2 rings (SSSR count). The zero-order valence-corrected chi connectivity index (χ0v) is 10.8. The van der Waals surface area contributed by atoms with Crippen LogP contribution in [0.4, 0.5) is 4.39 Å². The average Bonchev–Trinajstić information content (AvgIpc) is 2.77. The number of nitrogens with zero attached hydrogens (tertiary/aromatic N) is 1. The lowest BCUT2D eigenvalue weighted by Crippen LogP contribution is -2.30. The number of rotatable bonds is 3. The van der Waals surface area contributed by atoms with Crippen molar-refractivity contribution >= 4 is 5.91 Å². The SMILES string of the molecule is COC[C@@H]1CCN(C(=O)c2ccc(C)cc2F)C1. The maximum atomic E-state index is 13.7. The first-order valence-electron chi connectivity index (χ1n) is 6.16. The smallest absolute Gasteiger partial charge is 0.256 e. The van der Waals surface area contributed by atoms with Crippen molar-refractivity contribution in [3.05, 3.63) is 35.1 Å². The van der Waals surface area contributed by atoms with Crippen LogP contribution in [0.25, 0.3) is 0 Å². The molecule has 1 fully saturated rings. The Morgan fingerprint density at radius 3 is 3.00 bits per heavy atom. The highest BCUT2D eigenvalue weighted by Crippen LogP contribution is 2.20. The monoisotopic (exact) mass is 251 g/mol. The summed E-state index contributed by atoms with van der Waals surface area (Å²) in [7, 11) is 1.66. The van der Waals surface area contributed by atoms with Gasteiger partial charge in [0.15, 0.2) is 0 Å². The molecule has 1 aromatic carbocycles. The summed E-state index contributed by atoms with van der Waals surface area (Å²) in [6, 6.07) is 4.73. The fourth-order valence-electron chi connectivity index (χ4n) is 2.35. The van der Waals surface area contributed by atoms with Crippen LogP contribution in [-0.4, -0.2) is 37.6 Å².